The summed E-state index contributed by atoms with van der Waals surface area (Å²) in [5.74, 6) is 4.94. The number of nitrogens with one attached hydrogen (secondary N) is 4. The van der Waals surface area contributed by atoms with E-state index in [0.29, 0.717) is 64.6 Å². The molecule has 5 aromatic rings. The van der Waals surface area contributed by atoms with Crippen LogP contribution in [0.1, 0.15) is 143 Å². The number of ketones is 2. The minimum Gasteiger partial charge on any atom is -0.504 e. The highest BCUT2D eigenvalue weighted by Gasteiger charge is 2.50. The molecule has 0 saturated heterocycles. The number of aliphatic hydroxyl groups excluding tert-OH is 4. The molecule has 5 aliphatic rings. The maximum atomic E-state index is 15.5. The van der Waals surface area contributed by atoms with Crippen LogP contribution in [-0.2, 0) is 27.8 Å². The molecule has 3 aliphatic carbocycles. The first-order valence-electron chi connectivity index (χ1n) is 29.9. The lowest BCUT2D eigenvalue weighted by Gasteiger charge is -2.46. The minimum atomic E-state index is -1.87. The standard InChI is InChI=1S/C68H84N4O8/c1-4-12-57-51-32-50(31-46-19-22-56(45-13-7-5-8-14-45)58-38-61(76)62(80-3)35-47(58)20-23-60(75)66(78)65(77)59(46)34-51)55(15-11-28-73)48-24-27-70-64(37-48)72-53-21-18-44-17-16-43(29-49(44)33-53)30-54(74)41-69-39-42(2)52-36-63(71-40-52)68(67(57)79)25-9-6-10-26-68/h5,7-8,13-14,16-18,21,24,29,33,35-38,40,42,46,50-51,54-57,59,66-67,69-74,76,78-79H,4,6,9-12,15,20,23,25-28,30-32,34,39,41H2,1-3H3/t42-,46+,50-,51-,54-,55-,56-,57+,59+,66-,67-/m1/s1. The monoisotopic (exact) mass is 1080 g/mol. The van der Waals surface area contributed by atoms with Crippen molar-refractivity contribution in [2.24, 2.45) is 35.5 Å². The normalized spacial score (nSPS) is 28.6. The number of rotatable bonds is 7. The molecule has 9 bridgehead atoms. The Bertz CT molecular complexity index is 3090. The molecule has 80 heavy (non-hydrogen) atoms. The molecule has 424 valence electrons. The van der Waals surface area contributed by atoms with E-state index in [9.17, 15) is 30.3 Å². The molecular formula is C68H84N4O8. The zero-order chi connectivity index (χ0) is 55.9. The quantitative estimate of drug-likeness (QED) is 0.0556. The number of dihydropyridines is 1. The average Bonchev–Trinajstić information content (AvgIpc) is 3.91. The summed E-state index contributed by atoms with van der Waals surface area (Å²) < 4.78 is 5.57. The third kappa shape index (κ3) is 12.5. The maximum Gasteiger partial charge on any atom is 0.173 e. The summed E-state index contributed by atoms with van der Waals surface area (Å²) in [6, 6.07) is 28.4. The Morgan fingerprint density at radius 3 is 2.42 bits per heavy atom. The number of anilines is 1. The number of aryl methyl sites for hydroxylation is 1. The first-order chi connectivity index (χ1) is 38.9. The summed E-state index contributed by atoms with van der Waals surface area (Å²) in [5, 5.41) is 72.1. The van der Waals surface area contributed by atoms with Gasteiger partial charge in [0, 0.05) is 67.5 Å². The fourth-order valence-electron chi connectivity index (χ4n) is 14.7. The van der Waals surface area contributed by atoms with Crippen LogP contribution < -0.4 is 20.7 Å². The zero-order valence-corrected chi connectivity index (χ0v) is 47.1. The molecule has 2 saturated carbocycles. The van der Waals surface area contributed by atoms with Crippen LogP contribution in [0.3, 0.4) is 0 Å². The van der Waals surface area contributed by atoms with Crippen molar-refractivity contribution in [1.29, 1.82) is 0 Å². The lowest BCUT2D eigenvalue weighted by Crippen LogP contribution is -2.48. The number of phenolic OH excluding ortho intramolecular Hbond substituents is 1. The van der Waals surface area contributed by atoms with Gasteiger partial charge >= 0.3 is 0 Å². The van der Waals surface area contributed by atoms with Crippen LogP contribution in [0.25, 0.3) is 10.8 Å². The molecule has 12 heteroatoms. The van der Waals surface area contributed by atoms with E-state index in [1.54, 1.807) is 12.1 Å². The van der Waals surface area contributed by atoms with Gasteiger partial charge in [0.2, 0.25) is 0 Å². The first-order valence-corrected chi connectivity index (χ1v) is 29.9. The molecule has 1 spiro atoms. The van der Waals surface area contributed by atoms with E-state index in [1.165, 1.54) is 7.11 Å². The number of Topliss-reactive ketones (excluding diaryl/α,β-unsaturated/α-hetero) is 2. The molecule has 12 nitrogen and oxygen atoms in total. The Morgan fingerprint density at radius 2 is 1.64 bits per heavy atom. The summed E-state index contributed by atoms with van der Waals surface area (Å²) in [6.07, 6.45) is 12.8. The predicted octanol–water partition coefficient (Wildman–Crippen LogP) is 10.3. The van der Waals surface area contributed by atoms with Crippen molar-refractivity contribution in [1.82, 2.24) is 15.6 Å². The Balaban J connectivity index is 1.14. The van der Waals surface area contributed by atoms with Crippen molar-refractivity contribution < 1.29 is 39.9 Å². The van der Waals surface area contributed by atoms with Gasteiger partial charge in [0.1, 0.15) is 5.82 Å². The first kappa shape index (κ1) is 57.1. The Kier molecular flexibility index (Phi) is 18.3. The van der Waals surface area contributed by atoms with E-state index in [4.69, 9.17) is 4.74 Å². The molecule has 0 unspecified atom stereocenters. The van der Waals surface area contributed by atoms with Crippen molar-refractivity contribution in [3.05, 3.63) is 148 Å². The van der Waals surface area contributed by atoms with Crippen molar-refractivity contribution in [3.8, 4) is 23.3 Å². The topological polar surface area (TPSA) is 196 Å². The summed E-state index contributed by atoms with van der Waals surface area (Å²) in [6.45, 7) is 6.05. The highest BCUT2D eigenvalue weighted by Crippen LogP contribution is 2.52. The third-order valence-electron chi connectivity index (χ3n) is 18.9. The van der Waals surface area contributed by atoms with Gasteiger partial charge in [-0.05, 0) is 174 Å². The molecule has 3 heterocycles. The van der Waals surface area contributed by atoms with Crippen LogP contribution in [0, 0.1) is 47.3 Å². The van der Waals surface area contributed by atoms with Crippen molar-refractivity contribution in [2.45, 2.75) is 146 Å². The number of β-amino-alcohol motifs (C(OH)–C–C–N with tert-alkyl or cyclic N) is 1. The predicted molar refractivity (Wildman–Crippen MR) is 315 cm³/mol. The number of aliphatic hydroxyl groups is 4. The van der Waals surface area contributed by atoms with Gasteiger partial charge in [0.25, 0.3) is 0 Å². The van der Waals surface area contributed by atoms with Gasteiger partial charge in [-0.2, -0.15) is 0 Å². The highest BCUT2D eigenvalue weighted by molar-refractivity contribution is 6.06. The Morgan fingerprint density at radius 1 is 0.825 bits per heavy atom. The summed E-state index contributed by atoms with van der Waals surface area (Å²) in [4.78, 5) is 33.6. The van der Waals surface area contributed by atoms with Gasteiger partial charge < -0.3 is 51.2 Å². The number of allylic oxidation sites excluding steroid dienone is 2. The van der Waals surface area contributed by atoms with E-state index < -0.39 is 53.0 Å². The SMILES string of the molecule is CCC[C@H]1[C@@H]2C[C@@H](C[C@@H]3C#C[C@H](c4ccccc4)c4cc(O)c(OC)cc4CCC(=O)[C@@H](O)C(=O)[C@H]3C2)[C@H](CCCO)C2=CCNC(=C2)Nc2ccc3ccc(cc3c2)C[C@@H](O)CNC[C@@H](C)c2c[nH]c(c2)C2(CCCCC2)[C@@H]1O. The second-order valence-corrected chi connectivity index (χ2v) is 24.1. The summed E-state index contributed by atoms with van der Waals surface area (Å²) >= 11 is 0. The number of aromatic nitrogens is 1. The maximum absolute atomic E-state index is 15.5. The largest absolute Gasteiger partial charge is 0.504 e. The number of hydrogen-bond donors (Lipinski definition) is 9. The third-order valence-corrected chi connectivity index (χ3v) is 18.9. The fraction of sp³-hybridized carbons (Fsp3) is 0.500. The lowest BCUT2D eigenvalue weighted by atomic mass is 9.61. The summed E-state index contributed by atoms with van der Waals surface area (Å²) in [7, 11) is 1.49. The van der Waals surface area contributed by atoms with Gasteiger partial charge in [-0.3, -0.25) is 9.59 Å². The number of H-pyrrole nitrogens is 1. The molecule has 4 aromatic carbocycles. The van der Waals surface area contributed by atoms with E-state index in [-0.39, 0.29) is 60.5 Å². The van der Waals surface area contributed by atoms with Crippen LogP contribution in [0.4, 0.5) is 5.69 Å². The number of carbonyl (C=O) groups excluding carboxylic acids is 2. The number of ether oxygens (including phenoxy) is 1. The fourth-order valence-corrected chi connectivity index (χ4v) is 14.7. The number of aromatic amines is 1. The Hall–Kier alpha value is -6.20. The summed E-state index contributed by atoms with van der Waals surface area (Å²) in [5.41, 5.74) is 7.06. The van der Waals surface area contributed by atoms with E-state index >= 15 is 4.79 Å². The number of phenols is 1. The van der Waals surface area contributed by atoms with Gasteiger partial charge in [-0.1, -0.05) is 112 Å². The van der Waals surface area contributed by atoms with Crippen LogP contribution in [0.2, 0.25) is 0 Å². The second-order valence-electron chi connectivity index (χ2n) is 24.1. The number of methoxy groups -OCH3 is 1. The van der Waals surface area contributed by atoms with E-state index in [2.05, 4.69) is 107 Å². The van der Waals surface area contributed by atoms with Crippen molar-refractivity contribution >= 4 is 28.0 Å². The van der Waals surface area contributed by atoms with Crippen molar-refractivity contribution in [3.63, 3.8) is 0 Å². The Labute approximate surface area is 472 Å². The van der Waals surface area contributed by atoms with Crippen LogP contribution in [0.15, 0.2) is 115 Å². The number of aromatic hydroxyl groups is 1. The molecular weight excluding hydrogens is 1000 g/mol. The zero-order valence-electron chi connectivity index (χ0n) is 47.1. The van der Waals surface area contributed by atoms with Gasteiger partial charge in [0.05, 0.1) is 25.2 Å². The molecule has 2 fully saturated rings. The van der Waals surface area contributed by atoms with E-state index in [1.807, 2.05) is 30.3 Å². The van der Waals surface area contributed by atoms with E-state index in [0.717, 1.165) is 99.9 Å². The van der Waals surface area contributed by atoms with Gasteiger partial charge in [-0.25, -0.2) is 0 Å². The van der Waals surface area contributed by atoms with Crippen molar-refractivity contribution in [2.75, 3.05) is 38.7 Å². The minimum absolute atomic E-state index is 0.00403. The smallest absolute Gasteiger partial charge is 0.173 e. The number of benzene rings is 4. The van der Waals surface area contributed by atoms with Gasteiger partial charge in [0.15, 0.2) is 29.2 Å². The molecule has 0 amide bonds. The number of carbonyl (C=O) groups is 2. The molecule has 0 radical (unpaired) electrons. The molecule has 9 N–H and O–H groups in total. The molecule has 11 atom stereocenters. The second kappa shape index (κ2) is 25.7. The van der Waals surface area contributed by atoms with Crippen LogP contribution >= 0.6 is 0 Å². The average molecular weight is 1090 g/mol. The van der Waals surface area contributed by atoms with Crippen LogP contribution in [-0.4, -0.2) is 93.7 Å². The molecule has 1 aromatic heterocycles. The molecule has 10 rings (SSSR count). The highest BCUT2D eigenvalue weighted by atomic mass is 16.5. The van der Waals surface area contributed by atoms with Gasteiger partial charge in [-0.15, -0.1) is 0 Å². The number of fused-ring (bicyclic) bond motifs is 10. The van der Waals surface area contributed by atoms with Crippen LogP contribution in [0.5, 0.6) is 11.5 Å². The number of hydrogen-bond acceptors (Lipinski definition) is 11. The lowest BCUT2D eigenvalue weighted by molar-refractivity contribution is -0.142. The molecule has 2 aliphatic heterocycles.